The standard InChI is InChI=1S/C12H12ClNO2/c1-7-8-4-12(16-3)9(13)5-10(8)14(2)11(7)6-15/h4-6H,1-3H3. The topological polar surface area (TPSA) is 31.2 Å². The third-order valence-corrected chi connectivity index (χ3v) is 3.19. The molecule has 16 heavy (non-hydrogen) atoms. The van der Waals surface area contributed by atoms with Crippen LogP contribution in [0.2, 0.25) is 5.02 Å². The third-order valence-electron chi connectivity index (χ3n) is 2.89. The number of halogens is 1. The average molecular weight is 238 g/mol. The molecule has 0 bridgehead atoms. The summed E-state index contributed by atoms with van der Waals surface area (Å²) in [5.41, 5.74) is 2.55. The summed E-state index contributed by atoms with van der Waals surface area (Å²) >= 11 is 6.05. The predicted molar refractivity (Wildman–Crippen MR) is 64.6 cm³/mol. The second kappa shape index (κ2) is 3.83. The highest BCUT2D eigenvalue weighted by Crippen LogP contribution is 2.33. The molecule has 0 aliphatic heterocycles. The number of hydrogen-bond donors (Lipinski definition) is 0. The minimum Gasteiger partial charge on any atom is -0.495 e. The van der Waals surface area contributed by atoms with Gasteiger partial charge in [0.1, 0.15) is 5.75 Å². The number of rotatable bonds is 2. The number of aldehydes is 1. The smallest absolute Gasteiger partial charge is 0.166 e. The van der Waals surface area contributed by atoms with Crippen molar-refractivity contribution in [3.63, 3.8) is 0 Å². The molecule has 1 aromatic carbocycles. The van der Waals surface area contributed by atoms with Crippen molar-refractivity contribution >= 4 is 28.8 Å². The largest absolute Gasteiger partial charge is 0.495 e. The van der Waals surface area contributed by atoms with Crippen LogP contribution in [0.1, 0.15) is 16.1 Å². The monoisotopic (exact) mass is 237 g/mol. The first kappa shape index (κ1) is 11.0. The van der Waals surface area contributed by atoms with Gasteiger partial charge in [-0.25, -0.2) is 0 Å². The van der Waals surface area contributed by atoms with E-state index in [4.69, 9.17) is 16.3 Å². The van der Waals surface area contributed by atoms with Gasteiger partial charge in [-0.1, -0.05) is 11.6 Å². The fourth-order valence-corrected chi connectivity index (χ4v) is 2.20. The number of aryl methyl sites for hydroxylation is 2. The molecule has 1 aromatic heterocycles. The van der Waals surface area contributed by atoms with Crippen LogP contribution in [0, 0.1) is 6.92 Å². The highest BCUT2D eigenvalue weighted by molar-refractivity contribution is 6.32. The fraction of sp³-hybridized carbons (Fsp3) is 0.250. The summed E-state index contributed by atoms with van der Waals surface area (Å²) in [7, 11) is 3.42. The number of ether oxygens (including phenoxy) is 1. The molecule has 0 unspecified atom stereocenters. The van der Waals surface area contributed by atoms with Gasteiger partial charge in [-0.15, -0.1) is 0 Å². The Morgan fingerprint density at radius 3 is 2.69 bits per heavy atom. The molecule has 1 heterocycles. The number of aromatic nitrogens is 1. The van der Waals surface area contributed by atoms with Crippen molar-refractivity contribution in [2.24, 2.45) is 7.05 Å². The van der Waals surface area contributed by atoms with E-state index in [0.29, 0.717) is 16.5 Å². The third kappa shape index (κ3) is 1.39. The molecule has 0 amide bonds. The molecule has 0 N–H and O–H groups in total. The van der Waals surface area contributed by atoms with E-state index in [-0.39, 0.29) is 0 Å². The Bertz CT molecular complexity index is 572. The zero-order chi connectivity index (χ0) is 11.9. The van der Waals surface area contributed by atoms with Gasteiger partial charge < -0.3 is 9.30 Å². The molecule has 84 valence electrons. The van der Waals surface area contributed by atoms with E-state index in [1.807, 2.05) is 30.7 Å². The summed E-state index contributed by atoms with van der Waals surface area (Å²) in [6, 6.07) is 3.68. The van der Waals surface area contributed by atoms with Gasteiger partial charge in [0, 0.05) is 12.4 Å². The number of nitrogens with zero attached hydrogens (tertiary/aromatic N) is 1. The van der Waals surface area contributed by atoms with Crippen LogP contribution in [0.5, 0.6) is 5.75 Å². The van der Waals surface area contributed by atoms with E-state index in [0.717, 1.165) is 22.8 Å². The number of carbonyl (C=O) groups excluding carboxylic acids is 1. The van der Waals surface area contributed by atoms with Gasteiger partial charge in [-0.05, 0) is 24.6 Å². The first-order valence-electron chi connectivity index (χ1n) is 4.87. The molecular formula is C12H12ClNO2. The van der Waals surface area contributed by atoms with Crippen molar-refractivity contribution in [2.75, 3.05) is 7.11 Å². The molecule has 0 spiro atoms. The Labute approximate surface area is 98.6 Å². The van der Waals surface area contributed by atoms with Crippen molar-refractivity contribution < 1.29 is 9.53 Å². The van der Waals surface area contributed by atoms with Crippen molar-refractivity contribution in [1.82, 2.24) is 4.57 Å². The van der Waals surface area contributed by atoms with Crippen LogP contribution in [-0.2, 0) is 7.05 Å². The van der Waals surface area contributed by atoms with Crippen molar-refractivity contribution in [1.29, 1.82) is 0 Å². The SMILES string of the molecule is COc1cc2c(C)c(C=O)n(C)c2cc1Cl. The summed E-state index contributed by atoms with van der Waals surface area (Å²) in [6.07, 6.45) is 0.857. The number of fused-ring (bicyclic) bond motifs is 1. The maximum Gasteiger partial charge on any atom is 0.166 e. The van der Waals surface area contributed by atoms with Gasteiger partial charge in [-0.2, -0.15) is 0 Å². The lowest BCUT2D eigenvalue weighted by Crippen LogP contribution is -1.94. The molecule has 0 aliphatic carbocycles. The number of hydrogen-bond acceptors (Lipinski definition) is 2. The first-order valence-corrected chi connectivity index (χ1v) is 5.25. The fourth-order valence-electron chi connectivity index (χ4n) is 1.96. The first-order chi connectivity index (χ1) is 7.60. The van der Waals surface area contributed by atoms with Crippen molar-refractivity contribution in [2.45, 2.75) is 6.92 Å². The second-order valence-electron chi connectivity index (χ2n) is 3.69. The molecule has 0 radical (unpaired) electrons. The van der Waals surface area contributed by atoms with E-state index >= 15 is 0 Å². The van der Waals surface area contributed by atoms with E-state index in [2.05, 4.69) is 0 Å². The van der Waals surface area contributed by atoms with Crippen molar-refractivity contribution in [3.8, 4) is 5.75 Å². The van der Waals surface area contributed by atoms with Gasteiger partial charge >= 0.3 is 0 Å². The maximum absolute atomic E-state index is 11.0. The quantitative estimate of drug-likeness (QED) is 0.752. The Balaban J connectivity index is 2.89. The molecule has 2 rings (SSSR count). The maximum atomic E-state index is 11.0. The minimum absolute atomic E-state index is 0.549. The lowest BCUT2D eigenvalue weighted by atomic mass is 10.1. The van der Waals surface area contributed by atoms with Crippen LogP contribution in [0.4, 0.5) is 0 Å². The van der Waals surface area contributed by atoms with E-state index in [1.165, 1.54) is 0 Å². The Morgan fingerprint density at radius 1 is 1.44 bits per heavy atom. The predicted octanol–water partition coefficient (Wildman–Crippen LogP) is 2.96. The zero-order valence-electron chi connectivity index (χ0n) is 9.37. The minimum atomic E-state index is 0.549. The summed E-state index contributed by atoms with van der Waals surface area (Å²) in [5.74, 6) is 0.625. The van der Waals surface area contributed by atoms with Crippen LogP contribution in [0.15, 0.2) is 12.1 Å². The molecule has 0 aliphatic rings. The second-order valence-corrected chi connectivity index (χ2v) is 4.10. The van der Waals surface area contributed by atoms with Crippen LogP contribution in [-0.4, -0.2) is 18.0 Å². The molecule has 0 saturated heterocycles. The van der Waals surface area contributed by atoms with Crippen LogP contribution < -0.4 is 4.74 Å². The molecule has 0 fully saturated rings. The van der Waals surface area contributed by atoms with Gasteiger partial charge in [0.05, 0.1) is 23.3 Å². The number of carbonyl (C=O) groups is 1. The van der Waals surface area contributed by atoms with Gasteiger partial charge in [0.15, 0.2) is 6.29 Å². The lowest BCUT2D eigenvalue weighted by Gasteiger charge is -2.04. The van der Waals surface area contributed by atoms with E-state index in [1.54, 1.807) is 7.11 Å². The summed E-state index contributed by atoms with van der Waals surface area (Å²) in [5, 5.41) is 1.54. The average Bonchev–Trinajstić information content (AvgIpc) is 2.50. The van der Waals surface area contributed by atoms with Crippen LogP contribution in [0.25, 0.3) is 10.9 Å². The van der Waals surface area contributed by atoms with E-state index < -0.39 is 0 Å². The molecular weight excluding hydrogens is 226 g/mol. The van der Waals surface area contributed by atoms with Crippen LogP contribution >= 0.6 is 11.6 Å². The van der Waals surface area contributed by atoms with Gasteiger partial charge in [0.2, 0.25) is 0 Å². The number of methoxy groups -OCH3 is 1. The van der Waals surface area contributed by atoms with Gasteiger partial charge in [-0.3, -0.25) is 4.79 Å². The van der Waals surface area contributed by atoms with Crippen LogP contribution in [0.3, 0.4) is 0 Å². The summed E-state index contributed by atoms with van der Waals surface area (Å²) < 4.78 is 7.00. The number of benzene rings is 1. The highest BCUT2D eigenvalue weighted by Gasteiger charge is 2.13. The van der Waals surface area contributed by atoms with Crippen molar-refractivity contribution in [3.05, 3.63) is 28.4 Å². The molecule has 0 atom stereocenters. The molecule has 2 aromatic rings. The summed E-state index contributed by atoms with van der Waals surface area (Å²) in [4.78, 5) is 11.0. The van der Waals surface area contributed by atoms with Gasteiger partial charge in [0.25, 0.3) is 0 Å². The molecule has 4 heteroatoms. The lowest BCUT2D eigenvalue weighted by molar-refractivity contribution is 0.111. The molecule has 0 saturated carbocycles. The summed E-state index contributed by atoms with van der Waals surface area (Å²) in [6.45, 7) is 1.92. The molecule has 3 nitrogen and oxygen atoms in total. The van der Waals surface area contributed by atoms with E-state index in [9.17, 15) is 4.79 Å². The normalized spacial score (nSPS) is 10.8. The Hall–Kier alpha value is -1.48. The Morgan fingerprint density at radius 2 is 2.12 bits per heavy atom. The highest BCUT2D eigenvalue weighted by atomic mass is 35.5. The zero-order valence-corrected chi connectivity index (χ0v) is 10.1. The Kier molecular flexibility index (Phi) is 2.64.